The molecule has 1 fully saturated rings. The molecule has 5 nitrogen and oxygen atoms in total. The molecular weight excluding hydrogens is 352 g/mol. The Morgan fingerprint density at radius 2 is 1.86 bits per heavy atom. The molecule has 150 valence electrons. The predicted octanol–water partition coefficient (Wildman–Crippen LogP) is 4.44. The molecule has 1 saturated heterocycles. The van der Waals surface area contributed by atoms with Gasteiger partial charge >= 0.3 is 5.97 Å². The maximum atomic E-state index is 13.1. The van der Waals surface area contributed by atoms with E-state index in [0.717, 1.165) is 47.8 Å². The van der Waals surface area contributed by atoms with Crippen LogP contribution in [0.1, 0.15) is 68.6 Å². The number of aryl methyl sites for hydroxylation is 1. The minimum Gasteiger partial charge on any atom is -0.449 e. The van der Waals surface area contributed by atoms with Crippen molar-refractivity contribution in [1.82, 2.24) is 9.88 Å². The van der Waals surface area contributed by atoms with Crippen LogP contribution >= 0.6 is 0 Å². The summed E-state index contributed by atoms with van der Waals surface area (Å²) in [6.45, 7) is 9.72. The van der Waals surface area contributed by atoms with E-state index in [0.29, 0.717) is 5.56 Å². The van der Waals surface area contributed by atoms with E-state index in [2.05, 4.69) is 18.8 Å². The molecule has 1 aliphatic rings. The fraction of sp³-hybridized carbons (Fsp3) is 0.522. The molecule has 2 heterocycles. The molecule has 3 rings (SSSR count). The average Bonchev–Trinajstić information content (AvgIpc) is 2.67. The number of pyridine rings is 1. The number of likely N-dealkylation sites (tertiary alicyclic amines) is 1. The summed E-state index contributed by atoms with van der Waals surface area (Å²) < 4.78 is 5.68. The third kappa shape index (κ3) is 3.75. The molecule has 1 aromatic carbocycles. The molecule has 0 saturated carbocycles. The Morgan fingerprint density at radius 3 is 2.50 bits per heavy atom. The maximum Gasteiger partial charge on any atom is 0.339 e. The van der Waals surface area contributed by atoms with Gasteiger partial charge in [0.1, 0.15) is 0 Å². The van der Waals surface area contributed by atoms with Gasteiger partial charge in [-0.3, -0.25) is 9.78 Å². The van der Waals surface area contributed by atoms with Gasteiger partial charge in [0.05, 0.1) is 11.1 Å². The summed E-state index contributed by atoms with van der Waals surface area (Å²) in [6, 6.07) is 7.92. The summed E-state index contributed by atoms with van der Waals surface area (Å²) in [7, 11) is 0. The second-order valence-electron chi connectivity index (χ2n) is 7.85. The molecule has 0 radical (unpaired) electrons. The zero-order valence-corrected chi connectivity index (χ0v) is 17.5. The van der Waals surface area contributed by atoms with Crippen molar-refractivity contribution in [3.8, 4) is 0 Å². The number of fused-ring (bicyclic) bond motifs is 1. The first-order chi connectivity index (χ1) is 13.3. The van der Waals surface area contributed by atoms with Gasteiger partial charge in [-0.15, -0.1) is 0 Å². The van der Waals surface area contributed by atoms with Crippen LogP contribution in [0.3, 0.4) is 0 Å². The summed E-state index contributed by atoms with van der Waals surface area (Å²) >= 11 is 0. The van der Waals surface area contributed by atoms with E-state index in [-0.39, 0.29) is 18.0 Å². The van der Waals surface area contributed by atoms with E-state index in [1.807, 2.05) is 43.0 Å². The van der Waals surface area contributed by atoms with Gasteiger partial charge in [-0.25, -0.2) is 4.79 Å². The lowest BCUT2D eigenvalue weighted by Gasteiger charge is -2.40. The average molecular weight is 383 g/mol. The van der Waals surface area contributed by atoms with Crippen LogP contribution in [0.2, 0.25) is 0 Å². The van der Waals surface area contributed by atoms with Crippen LogP contribution in [0.4, 0.5) is 0 Å². The summed E-state index contributed by atoms with van der Waals surface area (Å²) in [6.07, 6.45) is 3.03. The summed E-state index contributed by atoms with van der Waals surface area (Å²) in [4.78, 5) is 32.6. The predicted molar refractivity (Wildman–Crippen MR) is 110 cm³/mol. The highest BCUT2D eigenvalue weighted by Crippen LogP contribution is 2.26. The number of carbonyl (C=O) groups is 2. The Hall–Kier alpha value is -2.43. The van der Waals surface area contributed by atoms with Crippen molar-refractivity contribution >= 4 is 22.8 Å². The zero-order chi connectivity index (χ0) is 20.4. The number of hydrogen-bond acceptors (Lipinski definition) is 4. The van der Waals surface area contributed by atoms with Crippen LogP contribution in [0, 0.1) is 6.92 Å². The van der Waals surface area contributed by atoms with Gasteiger partial charge < -0.3 is 9.64 Å². The highest BCUT2D eigenvalue weighted by atomic mass is 16.5. The molecule has 3 atom stereocenters. The first-order valence-corrected chi connectivity index (χ1v) is 10.3. The number of nitrogens with zero attached hydrogens (tertiary/aromatic N) is 2. The third-order valence-electron chi connectivity index (χ3n) is 5.86. The van der Waals surface area contributed by atoms with Crippen LogP contribution in [0.15, 0.2) is 24.3 Å². The van der Waals surface area contributed by atoms with Crippen molar-refractivity contribution in [3.05, 3.63) is 41.1 Å². The monoisotopic (exact) mass is 382 g/mol. The number of hydrogen-bond donors (Lipinski definition) is 0. The lowest BCUT2D eigenvalue weighted by atomic mass is 9.97. The van der Waals surface area contributed by atoms with Crippen LogP contribution in [0.25, 0.3) is 10.9 Å². The summed E-state index contributed by atoms with van der Waals surface area (Å²) in [5.74, 6) is -0.566. The number of rotatable bonds is 4. The van der Waals surface area contributed by atoms with Gasteiger partial charge in [0, 0.05) is 23.2 Å². The topological polar surface area (TPSA) is 59.5 Å². The van der Waals surface area contributed by atoms with Crippen LogP contribution in [-0.2, 0) is 16.0 Å². The van der Waals surface area contributed by atoms with E-state index < -0.39 is 12.1 Å². The number of esters is 1. The smallest absolute Gasteiger partial charge is 0.339 e. The van der Waals surface area contributed by atoms with Gasteiger partial charge in [-0.2, -0.15) is 0 Å². The van der Waals surface area contributed by atoms with Gasteiger partial charge in [0.25, 0.3) is 5.91 Å². The molecule has 1 amide bonds. The van der Waals surface area contributed by atoms with E-state index in [1.165, 1.54) is 0 Å². The van der Waals surface area contributed by atoms with Crippen LogP contribution < -0.4 is 0 Å². The second-order valence-corrected chi connectivity index (χ2v) is 7.85. The Labute approximate surface area is 167 Å². The van der Waals surface area contributed by atoms with Gasteiger partial charge in [0.2, 0.25) is 0 Å². The number of para-hydroxylation sites is 1. The lowest BCUT2D eigenvalue weighted by Crippen LogP contribution is -2.51. The highest BCUT2D eigenvalue weighted by molar-refractivity contribution is 6.05. The van der Waals surface area contributed by atoms with Crippen molar-refractivity contribution in [2.75, 3.05) is 0 Å². The Balaban J connectivity index is 1.88. The molecule has 0 aliphatic carbocycles. The number of ether oxygens (including phenoxy) is 1. The molecule has 2 aromatic rings. The quantitative estimate of drug-likeness (QED) is 0.734. The zero-order valence-electron chi connectivity index (χ0n) is 17.5. The second kappa shape index (κ2) is 8.29. The molecule has 1 aliphatic heterocycles. The summed E-state index contributed by atoms with van der Waals surface area (Å²) in [5, 5.41) is 0.765. The van der Waals surface area contributed by atoms with Crippen molar-refractivity contribution in [2.24, 2.45) is 0 Å². The lowest BCUT2D eigenvalue weighted by molar-refractivity contribution is -0.146. The Morgan fingerprint density at radius 1 is 1.21 bits per heavy atom. The molecule has 0 N–H and O–H groups in total. The molecule has 1 aromatic heterocycles. The van der Waals surface area contributed by atoms with Crippen LogP contribution in [-0.4, -0.2) is 39.9 Å². The van der Waals surface area contributed by atoms with Crippen LogP contribution in [0.5, 0.6) is 0 Å². The fourth-order valence-electron chi connectivity index (χ4n) is 4.30. The van der Waals surface area contributed by atoms with E-state index in [9.17, 15) is 9.59 Å². The number of benzene rings is 1. The highest BCUT2D eigenvalue weighted by Gasteiger charge is 2.33. The van der Waals surface area contributed by atoms with Crippen molar-refractivity contribution in [3.63, 3.8) is 0 Å². The number of aromatic nitrogens is 1. The Bertz CT molecular complexity index is 883. The first-order valence-electron chi connectivity index (χ1n) is 10.3. The van der Waals surface area contributed by atoms with Crippen molar-refractivity contribution in [2.45, 2.75) is 78.5 Å². The van der Waals surface area contributed by atoms with E-state index in [4.69, 9.17) is 4.74 Å². The molecule has 0 spiro atoms. The first kappa shape index (κ1) is 20.3. The number of carbonyl (C=O) groups excluding carboxylic acids is 2. The van der Waals surface area contributed by atoms with Crippen molar-refractivity contribution in [1.29, 1.82) is 0 Å². The maximum absolute atomic E-state index is 13.1. The van der Waals surface area contributed by atoms with Crippen molar-refractivity contribution < 1.29 is 14.3 Å². The number of piperidine rings is 1. The molecular formula is C23H30N2O3. The molecule has 0 unspecified atom stereocenters. The SMILES string of the molecule is CCc1nc2ccccc2c(C(=O)O[C@H](C)C(=O)N2[C@@H](C)CCC[C@@H]2C)c1C. The van der Waals surface area contributed by atoms with E-state index in [1.54, 1.807) is 6.92 Å². The third-order valence-corrected chi connectivity index (χ3v) is 5.86. The van der Waals surface area contributed by atoms with Gasteiger partial charge in [-0.1, -0.05) is 25.1 Å². The normalized spacial score (nSPS) is 20.8. The van der Waals surface area contributed by atoms with Gasteiger partial charge in [-0.05, 0) is 65.0 Å². The summed E-state index contributed by atoms with van der Waals surface area (Å²) in [5.41, 5.74) is 2.99. The van der Waals surface area contributed by atoms with E-state index >= 15 is 0 Å². The number of amides is 1. The fourth-order valence-corrected chi connectivity index (χ4v) is 4.30. The minimum atomic E-state index is -0.813. The minimum absolute atomic E-state index is 0.111. The molecule has 5 heteroatoms. The van der Waals surface area contributed by atoms with Gasteiger partial charge in [0.15, 0.2) is 6.10 Å². The molecule has 0 bridgehead atoms. The molecule has 28 heavy (non-hydrogen) atoms. The standard InChI is InChI=1S/C23H30N2O3/c1-6-19-16(4)21(18-12-7-8-13-20(18)24-19)23(27)28-17(5)22(26)25-14(2)10-9-11-15(25)3/h7-8,12-15,17H,6,9-11H2,1-5H3/t14-,15-,17+/m0/s1. The largest absolute Gasteiger partial charge is 0.449 e. The Kier molecular flexibility index (Phi) is 6.01.